The molecule has 8 heteroatoms. The molecule has 1 aromatic carbocycles. The van der Waals surface area contributed by atoms with E-state index in [2.05, 4.69) is 20.6 Å². The molecule has 1 saturated heterocycles. The van der Waals surface area contributed by atoms with E-state index in [1.807, 2.05) is 0 Å². The number of anilines is 1. The van der Waals surface area contributed by atoms with Crippen LogP contribution in [0.1, 0.15) is 16.8 Å². The van der Waals surface area contributed by atoms with Crippen LogP contribution in [-0.4, -0.2) is 48.0 Å². The van der Waals surface area contributed by atoms with Crippen molar-refractivity contribution in [1.82, 2.24) is 15.3 Å². The zero-order chi connectivity index (χ0) is 17.1. The molecular weight excluding hydrogens is 324 g/mol. The third kappa shape index (κ3) is 3.48. The molecule has 1 amide bonds. The number of carbonyl (C=O) groups excluding carboxylic acids is 1. The summed E-state index contributed by atoms with van der Waals surface area (Å²) in [5.41, 5.74) is 0.538. The van der Waals surface area contributed by atoms with Gasteiger partial charge in [0.05, 0.1) is 18.7 Å². The lowest BCUT2D eigenvalue weighted by Crippen LogP contribution is -2.52. The van der Waals surface area contributed by atoms with Gasteiger partial charge in [-0.2, -0.15) is 0 Å². The summed E-state index contributed by atoms with van der Waals surface area (Å²) in [6, 6.07) is 6.82. The lowest BCUT2D eigenvalue weighted by molar-refractivity contribution is 0.0620. The standard InChI is InChI=1S/C17H18N4O4/c22-17(11-1-2-14-15(7-11)25-10-24-14)21-12-4-6-23-8-13(12)20-16-3-5-18-9-19-16/h1-3,5,7,9,12-13H,4,6,8,10H2,(H,21,22)(H,18,19,20)/t12-,13+/m0/s1. The summed E-state index contributed by atoms with van der Waals surface area (Å²) in [6.07, 6.45) is 3.87. The fourth-order valence-corrected chi connectivity index (χ4v) is 2.91. The molecule has 0 radical (unpaired) electrons. The topological polar surface area (TPSA) is 94.6 Å². The quantitative estimate of drug-likeness (QED) is 0.862. The molecule has 8 nitrogen and oxygen atoms in total. The Balaban J connectivity index is 1.45. The summed E-state index contributed by atoms with van der Waals surface area (Å²) in [7, 11) is 0. The van der Waals surface area contributed by atoms with Crippen molar-refractivity contribution in [3.63, 3.8) is 0 Å². The summed E-state index contributed by atoms with van der Waals surface area (Å²) in [5, 5.41) is 6.37. The summed E-state index contributed by atoms with van der Waals surface area (Å²) >= 11 is 0. The largest absolute Gasteiger partial charge is 0.454 e. The molecule has 3 heterocycles. The molecule has 0 aliphatic carbocycles. The molecule has 2 aliphatic rings. The fourth-order valence-electron chi connectivity index (χ4n) is 2.91. The van der Waals surface area contributed by atoms with Crippen molar-refractivity contribution >= 4 is 11.7 Å². The number of nitrogens with one attached hydrogen (secondary N) is 2. The van der Waals surface area contributed by atoms with Crippen LogP contribution >= 0.6 is 0 Å². The van der Waals surface area contributed by atoms with Gasteiger partial charge in [0.25, 0.3) is 5.91 Å². The van der Waals surface area contributed by atoms with Gasteiger partial charge in [-0.3, -0.25) is 4.79 Å². The van der Waals surface area contributed by atoms with Gasteiger partial charge < -0.3 is 24.8 Å². The highest BCUT2D eigenvalue weighted by atomic mass is 16.7. The maximum Gasteiger partial charge on any atom is 0.251 e. The SMILES string of the molecule is O=C(N[C@H]1CCOC[C@H]1Nc1ccncn1)c1ccc2c(c1)OCO2. The Morgan fingerprint density at radius 1 is 1.16 bits per heavy atom. The molecule has 1 fully saturated rings. The van der Waals surface area contributed by atoms with Crippen molar-refractivity contribution in [3.05, 3.63) is 42.4 Å². The predicted molar refractivity (Wildman–Crippen MR) is 88.7 cm³/mol. The van der Waals surface area contributed by atoms with E-state index in [9.17, 15) is 4.79 Å². The Morgan fingerprint density at radius 2 is 2.08 bits per heavy atom. The Kier molecular flexibility index (Phi) is 4.34. The van der Waals surface area contributed by atoms with Crippen LogP contribution in [0.2, 0.25) is 0 Å². The number of amides is 1. The molecule has 2 atom stereocenters. The number of ether oxygens (including phenoxy) is 3. The first kappa shape index (κ1) is 15.6. The second kappa shape index (κ2) is 6.94. The highest BCUT2D eigenvalue weighted by molar-refractivity contribution is 5.95. The smallest absolute Gasteiger partial charge is 0.251 e. The molecule has 2 aromatic rings. The van der Waals surface area contributed by atoms with E-state index < -0.39 is 0 Å². The third-order valence-corrected chi connectivity index (χ3v) is 4.22. The number of nitrogens with zero attached hydrogens (tertiary/aromatic N) is 2. The van der Waals surface area contributed by atoms with Gasteiger partial charge in [0.15, 0.2) is 11.5 Å². The minimum Gasteiger partial charge on any atom is -0.454 e. The van der Waals surface area contributed by atoms with E-state index in [0.29, 0.717) is 36.1 Å². The average Bonchev–Trinajstić information content (AvgIpc) is 3.12. The van der Waals surface area contributed by atoms with Gasteiger partial charge in [-0.25, -0.2) is 9.97 Å². The second-order valence-electron chi connectivity index (χ2n) is 5.86. The Hall–Kier alpha value is -2.87. The Morgan fingerprint density at radius 3 is 2.96 bits per heavy atom. The molecule has 0 spiro atoms. The number of benzene rings is 1. The van der Waals surface area contributed by atoms with Crippen molar-refractivity contribution < 1.29 is 19.0 Å². The van der Waals surface area contributed by atoms with E-state index in [0.717, 1.165) is 6.42 Å². The molecule has 1 aromatic heterocycles. The first-order valence-electron chi connectivity index (χ1n) is 8.10. The van der Waals surface area contributed by atoms with E-state index in [-0.39, 0.29) is 24.8 Å². The number of carbonyl (C=O) groups is 1. The zero-order valence-corrected chi connectivity index (χ0v) is 13.5. The predicted octanol–water partition coefficient (Wildman–Crippen LogP) is 1.20. The molecule has 130 valence electrons. The number of hydrogen-bond donors (Lipinski definition) is 2. The van der Waals surface area contributed by atoms with Gasteiger partial charge in [-0.1, -0.05) is 0 Å². The number of fused-ring (bicyclic) bond motifs is 1. The van der Waals surface area contributed by atoms with E-state index >= 15 is 0 Å². The van der Waals surface area contributed by atoms with Crippen molar-refractivity contribution in [1.29, 1.82) is 0 Å². The van der Waals surface area contributed by atoms with Crippen molar-refractivity contribution in [2.45, 2.75) is 18.5 Å². The number of aromatic nitrogens is 2. The summed E-state index contributed by atoms with van der Waals surface area (Å²) in [4.78, 5) is 20.7. The molecular formula is C17H18N4O4. The summed E-state index contributed by atoms with van der Waals surface area (Å²) in [6.45, 7) is 1.29. The van der Waals surface area contributed by atoms with Crippen LogP contribution in [0, 0.1) is 0 Å². The van der Waals surface area contributed by atoms with Gasteiger partial charge in [-0.05, 0) is 30.7 Å². The van der Waals surface area contributed by atoms with Crippen LogP contribution in [0.3, 0.4) is 0 Å². The zero-order valence-electron chi connectivity index (χ0n) is 13.5. The molecule has 2 N–H and O–H groups in total. The Bertz CT molecular complexity index is 756. The van der Waals surface area contributed by atoms with Gasteiger partial charge in [0.1, 0.15) is 12.1 Å². The molecule has 0 unspecified atom stereocenters. The number of rotatable bonds is 4. The lowest BCUT2D eigenvalue weighted by Gasteiger charge is -2.33. The monoisotopic (exact) mass is 342 g/mol. The minimum atomic E-state index is -0.153. The van der Waals surface area contributed by atoms with Crippen molar-refractivity contribution in [2.75, 3.05) is 25.3 Å². The van der Waals surface area contributed by atoms with Crippen LogP contribution in [0.4, 0.5) is 5.82 Å². The average molecular weight is 342 g/mol. The molecule has 4 rings (SSSR count). The van der Waals surface area contributed by atoms with Crippen molar-refractivity contribution in [2.24, 2.45) is 0 Å². The maximum absolute atomic E-state index is 12.6. The summed E-state index contributed by atoms with van der Waals surface area (Å²) < 4.78 is 16.1. The normalized spacial score (nSPS) is 21.6. The lowest BCUT2D eigenvalue weighted by atomic mass is 10.0. The van der Waals surface area contributed by atoms with Gasteiger partial charge in [-0.15, -0.1) is 0 Å². The van der Waals surface area contributed by atoms with Gasteiger partial charge in [0, 0.05) is 18.4 Å². The first-order valence-corrected chi connectivity index (χ1v) is 8.10. The van der Waals surface area contributed by atoms with Crippen LogP contribution < -0.4 is 20.1 Å². The van der Waals surface area contributed by atoms with Crippen molar-refractivity contribution in [3.8, 4) is 11.5 Å². The highest BCUT2D eigenvalue weighted by Crippen LogP contribution is 2.32. The fraction of sp³-hybridized carbons (Fsp3) is 0.353. The third-order valence-electron chi connectivity index (χ3n) is 4.22. The maximum atomic E-state index is 12.6. The van der Waals surface area contributed by atoms with Crippen LogP contribution in [0.15, 0.2) is 36.8 Å². The first-order chi connectivity index (χ1) is 12.3. The molecule has 25 heavy (non-hydrogen) atoms. The van der Waals surface area contributed by atoms with E-state index in [1.54, 1.807) is 30.5 Å². The van der Waals surface area contributed by atoms with Gasteiger partial charge >= 0.3 is 0 Å². The highest BCUT2D eigenvalue weighted by Gasteiger charge is 2.28. The molecule has 2 aliphatic heterocycles. The second-order valence-corrected chi connectivity index (χ2v) is 5.86. The molecule has 0 bridgehead atoms. The van der Waals surface area contributed by atoms with Crippen LogP contribution in [0.25, 0.3) is 0 Å². The minimum absolute atomic E-state index is 0.0679. The molecule has 0 saturated carbocycles. The number of hydrogen-bond acceptors (Lipinski definition) is 7. The van der Waals surface area contributed by atoms with E-state index in [4.69, 9.17) is 14.2 Å². The van der Waals surface area contributed by atoms with E-state index in [1.165, 1.54) is 6.33 Å². The van der Waals surface area contributed by atoms with Crippen LogP contribution in [-0.2, 0) is 4.74 Å². The van der Waals surface area contributed by atoms with Crippen LogP contribution in [0.5, 0.6) is 11.5 Å². The summed E-state index contributed by atoms with van der Waals surface area (Å²) in [5.74, 6) is 1.80. The van der Waals surface area contributed by atoms with Gasteiger partial charge in [0.2, 0.25) is 6.79 Å². The Labute approximate surface area is 144 Å².